The van der Waals surface area contributed by atoms with Gasteiger partial charge in [0, 0.05) is 11.2 Å². The molecular formula is C18H23N3O2. The molecule has 2 N–H and O–H groups in total. The summed E-state index contributed by atoms with van der Waals surface area (Å²) in [7, 11) is 0. The van der Waals surface area contributed by atoms with Crippen LogP contribution >= 0.6 is 0 Å². The lowest BCUT2D eigenvalue weighted by Crippen LogP contribution is -2.61. The van der Waals surface area contributed by atoms with E-state index < -0.39 is 11.8 Å². The number of aromatic nitrogens is 1. The summed E-state index contributed by atoms with van der Waals surface area (Å²) < 4.78 is 0. The van der Waals surface area contributed by atoms with Gasteiger partial charge in [-0.1, -0.05) is 6.07 Å². The molecule has 4 saturated carbocycles. The van der Waals surface area contributed by atoms with E-state index in [0.717, 1.165) is 42.7 Å². The number of pyridine rings is 1. The highest BCUT2D eigenvalue weighted by atomic mass is 16.2. The first-order valence-electron chi connectivity index (χ1n) is 8.58. The highest BCUT2D eigenvalue weighted by Gasteiger charge is 2.51. The van der Waals surface area contributed by atoms with Crippen LogP contribution in [-0.2, 0) is 9.59 Å². The Labute approximate surface area is 136 Å². The fraction of sp³-hybridized carbons (Fsp3) is 0.611. The van der Waals surface area contributed by atoms with Gasteiger partial charge in [-0.25, -0.2) is 4.98 Å². The number of hydrogen-bond acceptors (Lipinski definition) is 3. The van der Waals surface area contributed by atoms with E-state index in [2.05, 4.69) is 15.6 Å². The molecule has 1 heterocycles. The molecule has 122 valence electrons. The maximum atomic E-state index is 12.4. The largest absolute Gasteiger partial charge is 0.342 e. The molecule has 0 aromatic carbocycles. The molecule has 0 atom stereocenters. The van der Waals surface area contributed by atoms with Crippen molar-refractivity contribution in [3.63, 3.8) is 0 Å². The molecule has 5 nitrogen and oxygen atoms in total. The Balaban J connectivity index is 1.42. The number of aryl methyl sites for hydroxylation is 1. The molecule has 1 aromatic heterocycles. The van der Waals surface area contributed by atoms with E-state index in [1.165, 1.54) is 19.3 Å². The molecule has 23 heavy (non-hydrogen) atoms. The lowest BCUT2D eigenvalue weighted by atomic mass is 9.53. The summed E-state index contributed by atoms with van der Waals surface area (Å²) in [5.41, 5.74) is 0.674. The minimum absolute atomic E-state index is 0.136. The smallest absolute Gasteiger partial charge is 0.314 e. The number of anilines is 1. The minimum Gasteiger partial charge on any atom is -0.342 e. The molecule has 0 radical (unpaired) electrons. The average molecular weight is 313 g/mol. The topological polar surface area (TPSA) is 71.1 Å². The number of rotatable bonds is 2. The van der Waals surface area contributed by atoms with Gasteiger partial charge in [0.15, 0.2) is 0 Å². The number of nitrogens with zero attached hydrogens (tertiary/aromatic N) is 1. The molecule has 4 fully saturated rings. The number of hydrogen-bond donors (Lipinski definition) is 2. The van der Waals surface area contributed by atoms with Crippen LogP contribution in [0, 0.1) is 24.7 Å². The second-order valence-corrected chi connectivity index (χ2v) is 7.77. The van der Waals surface area contributed by atoms with Crippen LogP contribution in [-0.4, -0.2) is 22.3 Å². The quantitative estimate of drug-likeness (QED) is 0.824. The first-order chi connectivity index (χ1) is 11.0. The molecule has 0 saturated heterocycles. The van der Waals surface area contributed by atoms with Crippen molar-refractivity contribution in [3.8, 4) is 0 Å². The van der Waals surface area contributed by atoms with Crippen LogP contribution in [0.15, 0.2) is 18.2 Å². The van der Waals surface area contributed by atoms with Gasteiger partial charge in [-0.15, -0.1) is 0 Å². The van der Waals surface area contributed by atoms with Crippen LogP contribution in [0.1, 0.15) is 44.2 Å². The van der Waals surface area contributed by atoms with Crippen LogP contribution in [0.3, 0.4) is 0 Å². The van der Waals surface area contributed by atoms with Crippen molar-refractivity contribution in [3.05, 3.63) is 23.9 Å². The van der Waals surface area contributed by atoms with E-state index >= 15 is 0 Å². The summed E-state index contributed by atoms with van der Waals surface area (Å²) >= 11 is 0. The van der Waals surface area contributed by atoms with E-state index in [4.69, 9.17) is 0 Å². The third-order valence-electron chi connectivity index (χ3n) is 5.75. The van der Waals surface area contributed by atoms with Crippen molar-refractivity contribution in [1.82, 2.24) is 10.3 Å². The highest BCUT2D eigenvalue weighted by Crippen LogP contribution is 2.55. The van der Waals surface area contributed by atoms with Crippen molar-refractivity contribution in [2.45, 2.75) is 51.0 Å². The standard InChI is InChI=1S/C18H23N3O2/c1-11-3-2-4-15(19-11)20-16(22)17(23)21-18-8-12-5-13(9-18)7-14(6-12)10-18/h2-4,12-14H,5-10H2,1H3,(H,21,23)(H,19,20,22). The normalized spacial score (nSPS) is 34.2. The van der Waals surface area contributed by atoms with Gasteiger partial charge in [0.25, 0.3) is 0 Å². The van der Waals surface area contributed by atoms with Gasteiger partial charge >= 0.3 is 11.8 Å². The summed E-state index contributed by atoms with van der Waals surface area (Å²) in [4.78, 5) is 28.8. The molecule has 4 bridgehead atoms. The zero-order chi connectivity index (χ0) is 16.0. The number of amides is 2. The molecule has 5 heteroatoms. The zero-order valence-corrected chi connectivity index (χ0v) is 13.5. The Hall–Kier alpha value is -1.91. The Morgan fingerprint density at radius 3 is 2.22 bits per heavy atom. The van der Waals surface area contributed by atoms with E-state index in [1.807, 2.05) is 19.1 Å². The molecule has 4 aliphatic carbocycles. The summed E-state index contributed by atoms with van der Waals surface area (Å²) in [5.74, 6) is 1.51. The highest BCUT2D eigenvalue weighted by molar-refractivity contribution is 6.39. The Morgan fingerprint density at radius 1 is 1.04 bits per heavy atom. The fourth-order valence-electron chi connectivity index (χ4n) is 5.35. The summed E-state index contributed by atoms with van der Waals surface area (Å²) in [6, 6.07) is 5.36. The molecule has 2 amide bonds. The number of nitrogens with one attached hydrogen (secondary N) is 2. The van der Waals surface area contributed by atoms with Gasteiger partial charge in [-0.2, -0.15) is 0 Å². The maximum absolute atomic E-state index is 12.4. The number of carbonyl (C=O) groups excluding carboxylic acids is 2. The zero-order valence-electron chi connectivity index (χ0n) is 13.5. The third kappa shape index (κ3) is 2.84. The molecule has 5 rings (SSSR count). The molecule has 0 spiro atoms. The third-order valence-corrected chi connectivity index (χ3v) is 5.75. The van der Waals surface area contributed by atoms with Gasteiger partial charge in [0.1, 0.15) is 5.82 Å². The predicted octanol–water partition coefficient (Wildman–Crippen LogP) is 2.41. The molecular weight excluding hydrogens is 290 g/mol. The van der Waals surface area contributed by atoms with Gasteiger partial charge in [-0.3, -0.25) is 9.59 Å². The van der Waals surface area contributed by atoms with Crippen LogP contribution in [0.25, 0.3) is 0 Å². The monoisotopic (exact) mass is 313 g/mol. The first kappa shape index (κ1) is 14.7. The van der Waals surface area contributed by atoms with Gasteiger partial charge < -0.3 is 10.6 Å². The lowest BCUT2D eigenvalue weighted by Gasteiger charge is -2.56. The summed E-state index contributed by atoms with van der Waals surface area (Å²) in [5, 5.41) is 5.68. The Bertz CT molecular complexity index is 620. The van der Waals surface area contributed by atoms with E-state index in [0.29, 0.717) is 5.82 Å². The van der Waals surface area contributed by atoms with Crippen molar-refractivity contribution < 1.29 is 9.59 Å². The second kappa shape index (κ2) is 5.32. The van der Waals surface area contributed by atoms with Crippen molar-refractivity contribution in [2.75, 3.05) is 5.32 Å². The first-order valence-corrected chi connectivity index (χ1v) is 8.58. The van der Waals surface area contributed by atoms with E-state index in [-0.39, 0.29) is 5.54 Å². The van der Waals surface area contributed by atoms with Gasteiger partial charge in [0.2, 0.25) is 0 Å². The van der Waals surface area contributed by atoms with Crippen molar-refractivity contribution >= 4 is 17.6 Å². The Kier molecular flexibility index (Phi) is 3.39. The lowest BCUT2D eigenvalue weighted by molar-refractivity contribution is -0.139. The fourth-order valence-corrected chi connectivity index (χ4v) is 5.35. The predicted molar refractivity (Wildman–Crippen MR) is 86.6 cm³/mol. The average Bonchev–Trinajstić information content (AvgIpc) is 2.45. The van der Waals surface area contributed by atoms with Gasteiger partial charge in [0.05, 0.1) is 0 Å². The SMILES string of the molecule is Cc1cccc(NC(=O)C(=O)NC23CC4CC(CC(C4)C2)C3)n1. The molecule has 0 unspecified atom stereocenters. The van der Waals surface area contributed by atoms with Crippen LogP contribution < -0.4 is 10.6 Å². The maximum Gasteiger partial charge on any atom is 0.314 e. The molecule has 1 aromatic rings. The van der Waals surface area contributed by atoms with Crippen LogP contribution in [0.4, 0.5) is 5.82 Å². The van der Waals surface area contributed by atoms with Gasteiger partial charge in [-0.05, 0) is 75.3 Å². The Morgan fingerprint density at radius 2 is 1.65 bits per heavy atom. The van der Waals surface area contributed by atoms with Crippen LogP contribution in [0.5, 0.6) is 0 Å². The molecule has 4 aliphatic rings. The van der Waals surface area contributed by atoms with E-state index in [9.17, 15) is 9.59 Å². The number of carbonyl (C=O) groups is 2. The summed E-state index contributed by atoms with van der Waals surface area (Å²) in [6.07, 6.45) is 7.07. The second-order valence-electron chi connectivity index (χ2n) is 7.77. The van der Waals surface area contributed by atoms with Crippen LogP contribution in [0.2, 0.25) is 0 Å². The van der Waals surface area contributed by atoms with Crippen molar-refractivity contribution in [1.29, 1.82) is 0 Å². The summed E-state index contributed by atoms with van der Waals surface area (Å²) in [6.45, 7) is 1.85. The molecule has 0 aliphatic heterocycles. The van der Waals surface area contributed by atoms with Crippen molar-refractivity contribution in [2.24, 2.45) is 17.8 Å². The minimum atomic E-state index is -0.612. The van der Waals surface area contributed by atoms with E-state index in [1.54, 1.807) is 6.07 Å².